The van der Waals surface area contributed by atoms with Gasteiger partial charge in [0.05, 0.1) is 6.61 Å². The fourth-order valence-corrected chi connectivity index (χ4v) is 0.340. The van der Waals surface area contributed by atoms with E-state index in [2.05, 4.69) is 15.1 Å². The van der Waals surface area contributed by atoms with E-state index >= 15 is 0 Å². The van der Waals surface area contributed by atoms with Crippen LogP contribution in [0.2, 0.25) is 0 Å². The van der Waals surface area contributed by atoms with Crippen LogP contribution < -0.4 is 5.48 Å². The summed E-state index contributed by atoms with van der Waals surface area (Å²) in [6.07, 6.45) is 0. The van der Waals surface area contributed by atoms with Crippen molar-refractivity contribution in [2.24, 2.45) is 0 Å². The molecule has 0 rings (SSSR count). The Morgan fingerprint density at radius 2 is 2.30 bits per heavy atom. The van der Waals surface area contributed by atoms with Gasteiger partial charge in [-0.25, -0.2) is 4.79 Å². The van der Waals surface area contributed by atoms with Crippen molar-refractivity contribution in [3.63, 3.8) is 0 Å². The first-order valence-electron chi connectivity index (χ1n) is 2.81. The number of nitrogens with one attached hydrogen (secondary N) is 2. The van der Waals surface area contributed by atoms with E-state index in [9.17, 15) is 4.79 Å². The highest BCUT2D eigenvalue weighted by Gasteiger charge is 2.10. The van der Waals surface area contributed by atoms with E-state index in [1.165, 1.54) is 7.05 Å². The van der Waals surface area contributed by atoms with Gasteiger partial charge in [-0.05, 0) is 6.92 Å². The molecule has 10 heavy (non-hydrogen) atoms. The van der Waals surface area contributed by atoms with Crippen molar-refractivity contribution in [2.75, 3.05) is 13.7 Å². The lowest BCUT2D eigenvalue weighted by atomic mass is 10.7. The first kappa shape index (κ1) is 8.90. The van der Waals surface area contributed by atoms with E-state index in [-0.39, 0.29) is 6.61 Å². The standard InChI is InChI=1S/C5H10N2O3/c1-3-9-5(8)4(6)10-7-2/h6-7H,3H2,1-2H3. The maximum atomic E-state index is 10.5. The Balaban J connectivity index is 3.60. The Morgan fingerprint density at radius 1 is 1.70 bits per heavy atom. The lowest BCUT2D eigenvalue weighted by molar-refractivity contribution is -0.137. The van der Waals surface area contributed by atoms with E-state index in [1.54, 1.807) is 6.92 Å². The van der Waals surface area contributed by atoms with Gasteiger partial charge in [0.1, 0.15) is 0 Å². The predicted octanol–water partition coefficient (Wildman–Crippen LogP) is -0.322. The molecule has 5 heteroatoms. The van der Waals surface area contributed by atoms with Gasteiger partial charge in [-0.2, -0.15) is 5.48 Å². The molecule has 0 amide bonds. The summed E-state index contributed by atoms with van der Waals surface area (Å²) in [7, 11) is 1.45. The summed E-state index contributed by atoms with van der Waals surface area (Å²) in [6, 6.07) is 0. The summed E-state index contributed by atoms with van der Waals surface area (Å²) < 4.78 is 4.43. The SMILES string of the molecule is CCOC(=O)C(=N)ONC. The average molecular weight is 146 g/mol. The van der Waals surface area contributed by atoms with Gasteiger partial charge >= 0.3 is 11.9 Å². The van der Waals surface area contributed by atoms with E-state index in [0.29, 0.717) is 0 Å². The molecule has 0 aliphatic heterocycles. The zero-order valence-electron chi connectivity index (χ0n) is 5.93. The summed E-state index contributed by atoms with van der Waals surface area (Å²) >= 11 is 0. The van der Waals surface area contributed by atoms with E-state index in [4.69, 9.17) is 5.41 Å². The minimum atomic E-state index is -0.767. The maximum Gasteiger partial charge on any atom is 0.395 e. The minimum absolute atomic E-state index is 0.244. The van der Waals surface area contributed by atoms with E-state index in [1.807, 2.05) is 0 Å². The maximum absolute atomic E-state index is 10.5. The van der Waals surface area contributed by atoms with Gasteiger partial charge in [-0.1, -0.05) is 0 Å². The lowest BCUT2D eigenvalue weighted by Gasteiger charge is -2.02. The number of rotatable bonds is 2. The Hall–Kier alpha value is -1.10. The topological polar surface area (TPSA) is 71.4 Å². The van der Waals surface area contributed by atoms with Crippen LogP contribution in [0.1, 0.15) is 6.92 Å². The van der Waals surface area contributed by atoms with Gasteiger partial charge in [0, 0.05) is 7.05 Å². The third-order valence-electron chi connectivity index (χ3n) is 0.665. The summed E-state index contributed by atoms with van der Waals surface area (Å²) in [6.45, 7) is 1.90. The van der Waals surface area contributed by atoms with Gasteiger partial charge < -0.3 is 9.57 Å². The summed E-state index contributed by atoms with van der Waals surface area (Å²) in [5.41, 5.74) is 2.18. The van der Waals surface area contributed by atoms with E-state index in [0.717, 1.165) is 0 Å². The van der Waals surface area contributed by atoms with Crippen LogP contribution in [0.4, 0.5) is 0 Å². The molecule has 0 atom stereocenters. The van der Waals surface area contributed by atoms with Gasteiger partial charge in [-0.3, -0.25) is 5.41 Å². The second-order valence-electron chi connectivity index (χ2n) is 1.36. The zero-order chi connectivity index (χ0) is 7.98. The normalized spacial score (nSPS) is 8.60. The second kappa shape index (κ2) is 4.75. The molecule has 0 unspecified atom stereocenters. The number of carbonyl (C=O) groups excluding carboxylic acids is 1. The first-order chi connectivity index (χ1) is 4.72. The lowest BCUT2D eigenvalue weighted by Crippen LogP contribution is -2.24. The fourth-order valence-electron chi connectivity index (χ4n) is 0.340. The predicted molar refractivity (Wildman–Crippen MR) is 34.5 cm³/mol. The minimum Gasteiger partial charge on any atom is -0.459 e. The fraction of sp³-hybridized carbons (Fsp3) is 0.600. The molecule has 0 radical (unpaired) electrons. The number of hydroxylamine groups is 1. The van der Waals surface area contributed by atoms with Crippen molar-refractivity contribution < 1.29 is 14.4 Å². The monoisotopic (exact) mass is 146 g/mol. The van der Waals surface area contributed by atoms with Crippen molar-refractivity contribution >= 4 is 11.9 Å². The molecular formula is C5H10N2O3. The molecule has 0 bridgehead atoms. The van der Waals surface area contributed by atoms with Crippen molar-refractivity contribution in [3.05, 3.63) is 0 Å². The van der Waals surface area contributed by atoms with Crippen LogP contribution in [0.5, 0.6) is 0 Å². The highest BCUT2D eigenvalue weighted by molar-refractivity contribution is 6.31. The molecule has 2 N–H and O–H groups in total. The molecule has 0 aromatic rings. The highest BCUT2D eigenvalue weighted by atomic mass is 16.7. The van der Waals surface area contributed by atoms with Crippen LogP contribution in [0.15, 0.2) is 0 Å². The molecule has 0 aromatic carbocycles. The smallest absolute Gasteiger partial charge is 0.395 e. The Bertz CT molecular complexity index is 119. The average Bonchev–Trinajstić information content (AvgIpc) is 1.89. The first-order valence-corrected chi connectivity index (χ1v) is 2.81. The molecule has 0 heterocycles. The van der Waals surface area contributed by atoms with Crippen molar-refractivity contribution in [1.82, 2.24) is 5.48 Å². The highest BCUT2D eigenvalue weighted by Crippen LogP contribution is 1.80. The Kier molecular flexibility index (Phi) is 4.23. The van der Waals surface area contributed by atoms with Crippen LogP contribution in [0, 0.1) is 5.41 Å². The molecular weight excluding hydrogens is 136 g/mol. The van der Waals surface area contributed by atoms with Crippen LogP contribution in [-0.2, 0) is 14.4 Å². The second-order valence-corrected chi connectivity index (χ2v) is 1.36. The molecule has 0 spiro atoms. The van der Waals surface area contributed by atoms with Crippen molar-refractivity contribution in [2.45, 2.75) is 6.92 Å². The molecule has 58 valence electrons. The molecule has 0 fully saturated rings. The molecule has 0 aliphatic carbocycles. The van der Waals surface area contributed by atoms with Gasteiger partial charge in [0.25, 0.3) is 0 Å². The number of carbonyl (C=O) groups is 1. The Morgan fingerprint density at radius 3 is 2.70 bits per heavy atom. The van der Waals surface area contributed by atoms with Gasteiger partial charge in [0.2, 0.25) is 0 Å². The number of esters is 1. The summed E-state index contributed by atoms with van der Waals surface area (Å²) in [5, 5.41) is 6.84. The van der Waals surface area contributed by atoms with Crippen LogP contribution in [-0.4, -0.2) is 25.5 Å². The largest absolute Gasteiger partial charge is 0.459 e. The van der Waals surface area contributed by atoms with Gasteiger partial charge in [0.15, 0.2) is 0 Å². The summed E-state index contributed by atoms with van der Waals surface area (Å²) in [4.78, 5) is 14.8. The molecule has 0 aromatic heterocycles. The molecule has 0 aliphatic rings. The van der Waals surface area contributed by atoms with Crippen molar-refractivity contribution in [1.29, 1.82) is 5.41 Å². The van der Waals surface area contributed by atoms with Crippen LogP contribution >= 0.6 is 0 Å². The zero-order valence-corrected chi connectivity index (χ0v) is 5.93. The quantitative estimate of drug-likeness (QED) is 0.242. The van der Waals surface area contributed by atoms with E-state index < -0.39 is 11.9 Å². The molecule has 0 saturated carbocycles. The van der Waals surface area contributed by atoms with Crippen LogP contribution in [0.3, 0.4) is 0 Å². The third-order valence-corrected chi connectivity index (χ3v) is 0.665. The van der Waals surface area contributed by atoms with Crippen molar-refractivity contribution in [3.8, 4) is 0 Å². The Labute approximate surface area is 58.8 Å². The summed E-state index contributed by atoms with van der Waals surface area (Å²) in [5.74, 6) is -1.30. The number of hydrogen-bond donors (Lipinski definition) is 2. The van der Waals surface area contributed by atoms with Crippen LogP contribution in [0.25, 0.3) is 0 Å². The molecule has 5 nitrogen and oxygen atoms in total. The van der Waals surface area contributed by atoms with Gasteiger partial charge in [-0.15, -0.1) is 0 Å². The third kappa shape index (κ3) is 3.03. The number of hydrogen-bond acceptors (Lipinski definition) is 5. The number of ether oxygens (including phenoxy) is 1. The molecule has 0 saturated heterocycles.